The SMILES string of the molecule is CC(C)(C)OC(=O)N1C[C@H]2CCN(c3cccc(N)n3)[C@H]2C1. The number of anilines is 2. The van der Waals surface area contributed by atoms with Crippen LogP contribution in [0.2, 0.25) is 0 Å². The molecule has 2 saturated heterocycles. The Morgan fingerprint density at radius 3 is 2.82 bits per heavy atom. The first-order valence-electron chi connectivity index (χ1n) is 7.80. The molecule has 120 valence electrons. The third kappa shape index (κ3) is 2.96. The summed E-state index contributed by atoms with van der Waals surface area (Å²) in [6.07, 6.45) is 0.850. The first-order valence-corrected chi connectivity index (χ1v) is 7.80. The second-order valence-electron chi connectivity index (χ2n) is 7.12. The molecule has 0 aromatic carbocycles. The molecule has 6 nitrogen and oxygen atoms in total. The van der Waals surface area contributed by atoms with Crippen molar-refractivity contribution < 1.29 is 9.53 Å². The molecule has 0 saturated carbocycles. The summed E-state index contributed by atoms with van der Waals surface area (Å²) in [6, 6.07) is 6.00. The van der Waals surface area contributed by atoms with Gasteiger partial charge in [-0.25, -0.2) is 9.78 Å². The molecule has 0 spiro atoms. The molecule has 22 heavy (non-hydrogen) atoms. The van der Waals surface area contributed by atoms with Gasteiger partial charge in [-0.15, -0.1) is 0 Å². The van der Waals surface area contributed by atoms with Crippen LogP contribution in [0.3, 0.4) is 0 Å². The molecular formula is C16H24N4O2. The summed E-state index contributed by atoms with van der Waals surface area (Å²) in [4.78, 5) is 20.7. The highest BCUT2D eigenvalue weighted by atomic mass is 16.6. The summed E-state index contributed by atoms with van der Waals surface area (Å²) < 4.78 is 5.48. The largest absolute Gasteiger partial charge is 0.444 e. The quantitative estimate of drug-likeness (QED) is 0.860. The highest BCUT2D eigenvalue weighted by molar-refractivity contribution is 5.69. The second-order valence-corrected chi connectivity index (χ2v) is 7.12. The molecular weight excluding hydrogens is 280 g/mol. The van der Waals surface area contributed by atoms with Crippen LogP contribution in [0.5, 0.6) is 0 Å². The zero-order valence-electron chi connectivity index (χ0n) is 13.5. The van der Waals surface area contributed by atoms with Crippen molar-refractivity contribution in [2.24, 2.45) is 5.92 Å². The molecule has 0 bridgehead atoms. The molecule has 6 heteroatoms. The number of hydrogen-bond acceptors (Lipinski definition) is 5. The number of rotatable bonds is 1. The fourth-order valence-corrected chi connectivity index (χ4v) is 3.32. The number of hydrogen-bond donors (Lipinski definition) is 1. The van der Waals surface area contributed by atoms with E-state index in [0.29, 0.717) is 24.3 Å². The van der Waals surface area contributed by atoms with Gasteiger partial charge in [0, 0.05) is 25.6 Å². The Morgan fingerprint density at radius 2 is 2.14 bits per heavy atom. The van der Waals surface area contributed by atoms with Crippen LogP contribution in [0.4, 0.5) is 16.4 Å². The van der Waals surface area contributed by atoms with Gasteiger partial charge in [-0.1, -0.05) is 6.07 Å². The summed E-state index contributed by atoms with van der Waals surface area (Å²) >= 11 is 0. The molecule has 0 radical (unpaired) electrons. The average Bonchev–Trinajstić information content (AvgIpc) is 2.95. The van der Waals surface area contributed by atoms with E-state index in [1.807, 2.05) is 37.8 Å². The average molecular weight is 304 g/mol. The van der Waals surface area contributed by atoms with E-state index < -0.39 is 5.60 Å². The molecule has 1 aromatic heterocycles. The van der Waals surface area contributed by atoms with Crippen LogP contribution in [0.15, 0.2) is 18.2 Å². The molecule has 2 N–H and O–H groups in total. The first kappa shape index (κ1) is 14.9. The number of nitrogens with zero attached hydrogens (tertiary/aromatic N) is 3. The minimum absolute atomic E-state index is 0.220. The smallest absolute Gasteiger partial charge is 0.410 e. The van der Waals surface area contributed by atoms with Gasteiger partial charge >= 0.3 is 6.09 Å². The molecule has 1 aromatic rings. The number of likely N-dealkylation sites (tertiary alicyclic amines) is 1. The molecule has 1 amide bonds. The Labute approximate surface area is 131 Å². The Kier molecular flexibility index (Phi) is 3.62. The van der Waals surface area contributed by atoms with Crippen molar-refractivity contribution in [2.75, 3.05) is 30.3 Å². The molecule has 2 aliphatic heterocycles. The van der Waals surface area contributed by atoms with Gasteiger partial charge in [0.2, 0.25) is 0 Å². The van der Waals surface area contributed by atoms with Crippen LogP contribution in [-0.2, 0) is 4.74 Å². The number of amides is 1. The number of ether oxygens (including phenoxy) is 1. The summed E-state index contributed by atoms with van der Waals surface area (Å²) in [7, 11) is 0. The van der Waals surface area contributed by atoms with Crippen molar-refractivity contribution in [1.82, 2.24) is 9.88 Å². The zero-order chi connectivity index (χ0) is 15.9. The maximum Gasteiger partial charge on any atom is 0.410 e. The third-order valence-corrected chi connectivity index (χ3v) is 4.25. The minimum atomic E-state index is -0.454. The summed E-state index contributed by atoms with van der Waals surface area (Å²) in [5.74, 6) is 1.91. The van der Waals surface area contributed by atoms with E-state index >= 15 is 0 Å². The Hall–Kier alpha value is -1.98. The zero-order valence-corrected chi connectivity index (χ0v) is 13.5. The van der Waals surface area contributed by atoms with E-state index in [1.54, 1.807) is 6.07 Å². The maximum atomic E-state index is 12.2. The lowest BCUT2D eigenvalue weighted by molar-refractivity contribution is 0.0284. The topological polar surface area (TPSA) is 71.7 Å². The van der Waals surface area contributed by atoms with Crippen LogP contribution >= 0.6 is 0 Å². The minimum Gasteiger partial charge on any atom is -0.444 e. The number of nitrogen functional groups attached to an aromatic ring is 1. The van der Waals surface area contributed by atoms with Crippen molar-refractivity contribution in [3.63, 3.8) is 0 Å². The van der Waals surface area contributed by atoms with E-state index in [2.05, 4.69) is 9.88 Å². The summed E-state index contributed by atoms with van der Waals surface area (Å²) in [5.41, 5.74) is 5.33. The van der Waals surface area contributed by atoms with E-state index in [-0.39, 0.29) is 6.09 Å². The first-order chi connectivity index (χ1) is 10.3. The Morgan fingerprint density at radius 1 is 1.36 bits per heavy atom. The van der Waals surface area contributed by atoms with Gasteiger partial charge in [0.25, 0.3) is 0 Å². The van der Waals surface area contributed by atoms with E-state index in [0.717, 1.165) is 25.3 Å². The van der Waals surface area contributed by atoms with Crippen LogP contribution in [0.1, 0.15) is 27.2 Å². The molecule has 0 aliphatic carbocycles. The fraction of sp³-hybridized carbons (Fsp3) is 0.625. The van der Waals surface area contributed by atoms with Gasteiger partial charge in [0.1, 0.15) is 17.2 Å². The molecule has 3 heterocycles. The van der Waals surface area contributed by atoms with Crippen LogP contribution in [-0.4, -0.2) is 47.3 Å². The molecule has 2 fully saturated rings. The van der Waals surface area contributed by atoms with E-state index in [4.69, 9.17) is 10.5 Å². The monoisotopic (exact) mass is 304 g/mol. The highest BCUT2D eigenvalue weighted by Gasteiger charge is 2.44. The normalized spacial score (nSPS) is 24.5. The Bertz CT molecular complexity index is 570. The van der Waals surface area contributed by atoms with E-state index in [1.165, 1.54) is 0 Å². The number of pyridine rings is 1. The highest BCUT2D eigenvalue weighted by Crippen LogP contribution is 2.35. The van der Waals surface area contributed by atoms with Crippen molar-refractivity contribution in [3.05, 3.63) is 18.2 Å². The van der Waals surface area contributed by atoms with Gasteiger partial charge in [-0.05, 0) is 39.3 Å². The maximum absolute atomic E-state index is 12.2. The van der Waals surface area contributed by atoms with Crippen molar-refractivity contribution in [3.8, 4) is 0 Å². The fourth-order valence-electron chi connectivity index (χ4n) is 3.32. The second kappa shape index (κ2) is 5.34. The molecule has 3 rings (SSSR count). The van der Waals surface area contributed by atoms with Gasteiger partial charge in [0.05, 0.1) is 6.04 Å². The number of carbonyl (C=O) groups is 1. The summed E-state index contributed by atoms with van der Waals surface area (Å²) in [5, 5.41) is 0. The number of aromatic nitrogens is 1. The van der Waals surface area contributed by atoms with Crippen molar-refractivity contribution >= 4 is 17.7 Å². The van der Waals surface area contributed by atoms with Crippen LogP contribution < -0.4 is 10.6 Å². The van der Waals surface area contributed by atoms with Crippen molar-refractivity contribution in [1.29, 1.82) is 0 Å². The lowest BCUT2D eigenvalue weighted by Gasteiger charge is -2.27. The number of nitrogens with two attached hydrogens (primary N) is 1. The standard InChI is InChI=1S/C16H24N4O2/c1-16(2,3)22-15(21)19-9-11-7-8-20(12(11)10-19)14-6-4-5-13(17)18-14/h4-6,11-12H,7-10H2,1-3H3,(H2,17,18)/t11-,12+/m1/s1. The van der Waals surface area contributed by atoms with Gasteiger partial charge in [0.15, 0.2) is 0 Å². The van der Waals surface area contributed by atoms with Crippen molar-refractivity contribution in [2.45, 2.75) is 38.8 Å². The summed E-state index contributed by atoms with van der Waals surface area (Å²) in [6.45, 7) is 8.10. The van der Waals surface area contributed by atoms with Gasteiger partial charge < -0.3 is 20.3 Å². The number of fused-ring (bicyclic) bond motifs is 1. The van der Waals surface area contributed by atoms with Crippen LogP contribution in [0, 0.1) is 5.92 Å². The lowest BCUT2D eigenvalue weighted by atomic mass is 10.1. The lowest BCUT2D eigenvalue weighted by Crippen LogP contribution is -2.39. The van der Waals surface area contributed by atoms with Gasteiger partial charge in [-0.2, -0.15) is 0 Å². The Balaban J connectivity index is 1.70. The van der Waals surface area contributed by atoms with Crippen LogP contribution in [0.25, 0.3) is 0 Å². The predicted molar refractivity (Wildman–Crippen MR) is 85.7 cm³/mol. The number of carbonyl (C=O) groups excluding carboxylic acids is 1. The van der Waals surface area contributed by atoms with Gasteiger partial charge in [-0.3, -0.25) is 0 Å². The van der Waals surface area contributed by atoms with E-state index in [9.17, 15) is 4.79 Å². The third-order valence-electron chi connectivity index (χ3n) is 4.25. The molecule has 0 unspecified atom stereocenters. The predicted octanol–water partition coefficient (Wildman–Crippen LogP) is 2.11. The molecule has 2 aliphatic rings. The molecule has 2 atom stereocenters.